The second-order valence-corrected chi connectivity index (χ2v) is 7.34. The van der Waals surface area contributed by atoms with Crippen molar-refractivity contribution >= 4 is 44.2 Å². The number of benzene rings is 2. The fraction of sp³-hybridized carbons (Fsp3) is 0.211. The molecule has 132 valence electrons. The Hall–Kier alpha value is -2.80. The predicted octanol–water partition coefficient (Wildman–Crippen LogP) is 3.74. The molecule has 1 fully saturated rings. The molecule has 3 aromatic rings. The zero-order valence-electron chi connectivity index (χ0n) is 14.0. The summed E-state index contributed by atoms with van der Waals surface area (Å²) in [7, 11) is 0. The summed E-state index contributed by atoms with van der Waals surface area (Å²) in [6, 6.07) is 11.6. The van der Waals surface area contributed by atoms with Crippen LogP contribution in [0.2, 0.25) is 0 Å². The van der Waals surface area contributed by atoms with Crippen LogP contribution in [0.3, 0.4) is 0 Å². The Morgan fingerprint density at radius 1 is 1.27 bits per heavy atom. The summed E-state index contributed by atoms with van der Waals surface area (Å²) in [5.41, 5.74) is 2.53. The summed E-state index contributed by atoms with van der Waals surface area (Å²) in [5, 5.41) is 3.37. The lowest BCUT2D eigenvalue weighted by Gasteiger charge is -2.16. The Bertz CT molecular complexity index is 1000. The molecule has 4 rings (SSSR count). The van der Waals surface area contributed by atoms with Crippen LogP contribution in [0, 0.1) is 18.7 Å². The van der Waals surface area contributed by atoms with Crippen LogP contribution in [0.4, 0.5) is 15.2 Å². The number of carbonyl (C=O) groups is 2. The van der Waals surface area contributed by atoms with Crippen molar-refractivity contribution in [2.24, 2.45) is 5.92 Å². The van der Waals surface area contributed by atoms with E-state index in [4.69, 9.17) is 0 Å². The van der Waals surface area contributed by atoms with Crippen LogP contribution in [0.15, 0.2) is 42.5 Å². The van der Waals surface area contributed by atoms with Gasteiger partial charge in [-0.2, -0.15) is 0 Å². The van der Waals surface area contributed by atoms with Gasteiger partial charge in [-0.25, -0.2) is 9.37 Å². The van der Waals surface area contributed by atoms with E-state index in [2.05, 4.69) is 10.3 Å². The molecule has 2 heterocycles. The third-order valence-corrected chi connectivity index (χ3v) is 5.42. The molecule has 0 aliphatic carbocycles. The smallest absolute Gasteiger partial charge is 0.231 e. The number of nitrogens with one attached hydrogen (secondary N) is 1. The van der Waals surface area contributed by atoms with Gasteiger partial charge in [0.05, 0.1) is 16.1 Å². The maximum atomic E-state index is 13.1. The summed E-state index contributed by atoms with van der Waals surface area (Å²) in [4.78, 5) is 30.8. The first-order valence-corrected chi connectivity index (χ1v) is 9.06. The highest BCUT2D eigenvalue weighted by atomic mass is 32.1. The molecule has 26 heavy (non-hydrogen) atoms. The van der Waals surface area contributed by atoms with Crippen LogP contribution in [-0.4, -0.2) is 23.3 Å². The molecule has 0 unspecified atom stereocenters. The van der Waals surface area contributed by atoms with Gasteiger partial charge in [-0.15, -0.1) is 0 Å². The van der Waals surface area contributed by atoms with E-state index < -0.39 is 5.92 Å². The number of halogens is 1. The van der Waals surface area contributed by atoms with Crippen molar-refractivity contribution in [3.05, 3.63) is 53.8 Å². The van der Waals surface area contributed by atoms with Crippen molar-refractivity contribution < 1.29 is 14.0 Å². The molecule has 1 aromatic heterocycles. The standard InChI is InChI=1S/C19H16FN3O2S/c1-11-3-2-4-15-17(11)21-19(26-15)22-18(25)12-9-16(24)23(10-12)14-7-5-13(20)6-8-14/h2-8,12H,9-10H2,1H3,(H,21,22,25)/t12-/m1/s1. The highest BCUT2D eigenvalue weighted by Gasteiger charge is 2.35. The number of aromatic nitrogens is 1. The number of para-hydroxylation sites is 1. The quantitative estimate of drug-likeness (QED) is 0.765. The van der Waals surface area contributed by atoms with Crippen molar-refractivity contribution in [2.75, 3.05) is 16.8 Å². The maximum Gasteiger partial charge on any atom is 0.231 e. The molecule has 1 atom stereocenters. The maximum absolute atomic E-state index is 13.1. The minimum absolute atomic E-state index is 0.132. The molecule has 0 bridgehead atoms. The molecule has 1 aliphatic heterocycles. The Kier molecular flexibility index (Phi) is 4.16. The number of amides is 2. The second kappa shape index (κ2) is 6.49. The van der Waals surface area contributed by atoms with Gasteiger partial charge >= 0.3 is 0 Å². The Morgan fingerprint density at radius 2 is 2.04 bits per heavy atom. The minimum Gasteiger partial charge on any atom is -0.312 e. The molecular formula is C19H16FN3O2S. The number of carbonyl (C=O) groups excluding carboxylic acids is 2. The first-order chi connectivity index (χ1) is 12.5. The van der Waals surface area contributed by atoms with Crippen LogP contribution >= 0.6 is 11.3 Å². The van der Waals surface area contributed by atoms with Crippen LogP contribution < -0.4 is 10.2 Å². The number of hydrogen-bond acceptors (Lipinski definition) is 4. The van der Waals surface area contributed by atoms with E-state index in [1.165, 1.54) is 28.4 Å². The molecule has 1 aliphatic rings. The summed E-state index contributed by atoms with van der Waals surface area (Å²) < 4.78 is 14.1. The van der Waals surface area contributed by atoms with Gasteiger partial charge in [0.2, 0.25) is 11.8 Å². The second-order valence-electron chi connectivity index (χ2n) is 6.31. The van der Waals surface area contributed by atoms with E-state index in [1.807, 2.05) is 25.1 Å². The fourth-order valence-electron chi connectivity index (χ4n) is 3.10. The number of fused-ring (bicyclic) bond motifs is 1. The number of hydrogen-bond donors (Lipinski definition) is 1. The first-order valence-electron chi connectivity index (χ1n) is 8.24. The van der Waals surface area contributed by atoms with Gasteiger partial charge in [0, 0.05) is 18.7 Å². The summed E-state index contributed by atoms with van der Waals surface area (Å²) in [6.45, 7) is 2.25. The number of nitrogens with zero attached hydrogens (tertiary/aromatic N) is 2. The normalized spacial score (nSPS) is 17.1. The van der Waals surface area contributed by atoms with E-state index in [-0.39, 0.29) is 30.6 Å². The molecule has 0 spiro atoms. The Labute approximate surface area is 153 Å². The highest BCUT2D eigenvalue weighted by molar-refractivity contribution is 7.22. The molecule has 2 aromatic carbocycles. The monoisotopic (exact) mass is 369 g/mol. The van der Waals surface area contributed by atoms with E-state index >= 15 is 0 Å². The van der Waals surface area contributed by atoms with Crippen molar-refractivity contribution in [3.8, 4) is 0 Å². The van der Waals surface area contributed by atoms with E-state index in [0.29, 0.717) is 10.8 Å². The number of thiazole rings is 1. The summed E-state index contributed by atoms with van der Waals surface area (Å²) in [6.07, 6.45) is 0.132. The molecule has 1 N–H and O–H groups in total. The zero-order valence-corrected chi connectivity index (χ0v) is 14.8. The van der Waals surface area contributed by atoms with E-state index in [0.717, 1.165) is 15.8 Å². The molecule has 0 saturated carbocycles. The van der Waals surface area contributed by atoms with E-state index in [1.54, 1.807) is 12.1 Å². The van der Waals surface area contributed by atoms with Crippen molar-refractivity contribution in [1.29, 1.82) is 0 Å². The van der Waals surface area contributed by atoms with Crippen LogP contribution in [0.5, 0.6) is 0 Å². The van der Waals surface area contributed by atoms with Crippen molar-refractivity contribution in [3.63, 3.8) is 0 Å². The van der Waals surface area contributed by atoms with Gasteiger partial charge < -0.3 is 10.2 Å². The Morgan fingerprint density at radius 3 is 2.77 bits per heavy atom. The fourth-order valence-corrected chi connectivity index (χ4v) is 4.05. The zero-order chi connectivity index (χ0) is 18.3. The van der Waals surface area contributed by atoms with Gasteiger partial charge in [0.25, 0.3) is 0 Å². The van der Waals surface area contributed by atoms with Crippen molar-refractivity contribution in [2.45, 2.75) is 13.3 Å². The van der Waals surface area contributed by atoms with Gasteiger partial charge in [-0.3, -0.25) is 9.59 Å². The van der Waals surface area contributed by atoms with Gasteiger partial charge in [0.15, 0.2) is 5.13 Å². The third kappa shape index (κ3) is 3.06. The molecule has 1 saturated heterocycles. The summed E-state index contributed by atoms with van der Waals surface area (Å²) in [5.74, 6) is -1.18. The minimum atomic E-state index is -0.458. The number of rotatable bonds is 3. The lowest BCUT2D eigenvalue weighted by molar-refractivity contribution is -0.122. The largest absolute Gasteiger partial charge is 0.312 e. The highest BCUT2D eigenvalue weighted by Crippen LogP contribution is 2.30. The van der Waals surface area contributed by atoms with Crippen molar-refractivity contribution in [1.82, 2.24) is 4.98 Å². The van der Waals surface area contributed by atoms with Crippen LogP contribution in [0.25, 0.3) is 10.2 Å². The Balaban J connectivity index is 1.49. The van der Waals surface area contributed by atoms with Crippen LogP contribution in [0.1, 0.15) is 12.0 Å². The topological polar surface area (TPSA) is 62.3 Å². The SMILES string of the molecule is Cc1cccc2sc(NC(=O)[C@@H]3CC(=O)N(c4ccc(F)cc4)C3)nc12. The van der Waals surface area contributed by atoms with Gasteiger partial charge in [0.1, 0.15) is 5.82 Å². The molecule has 5 nitrogen and oxygen atoms in total. The first kappa shape index (κ1) is 16.7. The number of aryl methyl sites for hydroxylation is 1. The molecular weight excluding hydrogens is 353 g/mol. The van der Waals surface area contributed by atoms with E-state index in [9.17, 15) is 14.0 Å². The van der Waals surface area contributed by atoms with Gasteiger partial charge in [-0.05, 0) is 42.8 Å². The van der Waals surface area contributed by atoms with Crippen LogP contribution in [-0.2, 0) is 9.59 Å². The predicted molar refractivity (Wildman–Crippen MR) is 99.8 cm³/mol. The average Bonchev–Trinajstić information content (AvgIpc) is 3.20. The lowest BCUT2D eigenvalue weighted by atomic mass is 10.1. The van der Waals surface area contributed by atoms with Gasteiger partial charge in [-0.1, -0.05) is 23.5 Å². The molecule has 7 heteroatoms. The lowest BCUT2D eigenvalue weighted by Crippen LogP contribution is -2.28. The molecule has 0 radical (unpaired) electrons. The third-order valence-electron chi connectivity index (χ3n) is 4.48. The average molecular weight is 369 g/mol. The number of anilines is 2. The molecule has 2 amide bonds. The summed E-state index contributed by atoms with van der Waals surface area (Å²) >= 11 is 1.41.